The van der Waals surface area contributed by atoms with Crippen molar-refractivity contribution in [2.45, 2.75) is 0 Å². The Kier molecular flexibility index (Phi) is 0.451. The molecule has 0 aliphatic heterocycles. The molecular weight excluding hydrogens is 123 g/mol. The van der Waals surface area contributed by atoms with Crippen molar-refractivity contribution in [3.63, 3.8) is 0 Å². The summed E-state index contributed by atoms with van der Waals surface area (Å²) < 4.78 is 65.2. The molecule has 0 atom stereocenters. The Balaban J connectivity index is 3.76. The third-order valence-electron chi connectivity index (χ3n) is 1.14. The van der Waals surface area contributed by atoms with Crippen LogP contribution in [-0.4, -0.2) is 20.9 Å². The van der Waals surface area contributed by atoms with Gasteiger partial charge in [0, 0.05) is 0 Å². The summed E-state index contributed by atoms with van der Waals surface area (Å²) in [5.41, 5.74) is -0.289. The maximum Gasteiger partial charge on any atom is 0.132 e. The second-order valence-corrected chi connectivity index (χ2v) is 2.01. The van der Waals surface area contributed by atoms with Crippen LogP contribution in [0, 0.1) is 0 Å². The average Bonchev–Trinajstić information content (AvgIpc) is 2.12. The van der Waals surface area contributed by atoms with E-state index in [1.807, 2.05) is 0 Å². The highest BCUT2D eigenvalue weighted by Gasteiger charge is 2.08. The molecule has 0 amide bonds. The lowest BCUT2D eigenvalue weighted by molar-refractivity contribution is 0.486. The first-order valence-corrected chi connectivity index (χ1v) is 2.81. The van der Waals surface area contributed by atoms with Gasteiger partial charge in [-0.1, -0.05) is 18.2 Å². The molecule has 0 heterocycles. The van der Waals surface area contributed by atoms with Crippen LogP contribution in [0.3, 0.4) is 0 Å². The third-order valence-corrected chi connectivity index (χ3v) is 1.14. The van der Waals surface area contributed by atoms with Crippen molar-refractivity contribution >= 4 is 5.69 Å². The number of nitrogens with zero attached hydrogens (tertiary/aromatic N) is 1. The molecule has 0 saturated carbocycles. The van der Waals surface area contributed by atoms with Gasteiger partial charge in [0.1, 0.15) is 5.69 Å². The molecule has 1 nitrogen and oxygen atoms in total. The molecule has 0 unspecified atom stereocenters. The number of para-hydroxylation sites is 1. The molecule has 0 fully saturated rings. The van der Waals surface area contributed by atoms with E-state index in [4.69, 9.17) is 12.3 Å². The zero-order chi connectivity index (χ0) is 15.1. The van der Waals surface area contributed by atoms with E-state index in [1.54, 1.807) is 6.07 Å². The summed E-state index contributed by atoms with van der Waals surface area (Å²) in [6.07, 6.45) is 0. The molecule has 0 aromatic heterocycles. The largest absolute Gasteiger partial charge is 0.298 e. The number of hydrogen-bond acceptors (Lipinski definition) is 0. The maximum atomic E-state index is 7.47. The predicted molar refractivity (Wildman–Crippen MR) is 46.0 cm³/mol. The summed E-state index contributed by atoms with van der Waals surface area (Å²) in [6.45, 7) is -9.76. The van der Waals surface area contributed by atoms with Crippen LogP contribution >= 0.6 is 0 Å². The number of quaternary nitrogens is 1. The molecule has 0 aliphatic rings. The van der Waals surface area contributed by atoms with E-state index < -0.39 is 25.4 Å². The van der Waals surface area contributed by atoms with Gasteiger partial charge in [-0.25, -0.2) is 0 Å². The Morgan fingerprint density at radius 2 is 1.70 bits per heavy atom. The van der Waals surface area contributed by atoms with Gasteiger partial charge in [-0.15, -0.1) is 0 Å². The van der Waals surface area contributed by atoms with Gasteiger partial charge in [0.05, 0.1) is 33.3 Å². The molecule has 0 N–H and O–H groups in total. The summed E-state index contributed by atoms with van der Waals surface area (Å²) in [4.78, 5) is 0. The van der Waals surface area contributed by atoms with Gasteiger partial charge >= 0.3 is 0 Å². The molecule has 1 rings (SSSR count). The second kappa shape index (κ2) is 2.43. The molecule has 1 aromatic rings. The summed E-state index contributed by atoms with van der Waals surface area (Å²) in [5.74, 6) is 0. The lowest BCUT2D eigenvalue weighted by Crippen LogP contribution is -2.34. The normalized spacial score (nSPS) is 28.6. The molecule has 1 aromatic carbocycles. The van der Waals surface area contributed by atoms with E-state index in [1.165, 1.54) is 24.3 Å². The lowest BCUT2D eigenvalue weighted by Gasteiger charge is -2.22. The van der Waals surface area contributed by atoms with Crippen molar-refractivity contribution in [2.75, 3.05) is 20.9 Å². The number of rotatable bonds is 1. The molecule has 0 saturated heterocycles. The minimum Gasteiger partial charge on any atom is -0.298 e. The Morgan fingerprint density at radius 1 is 1.10 bits per heavy atom. The Morgan fingerprint density at radius 3 is 2.20 bits per heavy atom. The van der Waals surface area contributed by atoms with Crippen LogP contribution in [-0.2, 0) is 0 Å². The highest BCUT2D eigenvalue weighted by molar-refractivity contribution is 5.40. The van der Waals surface area contributed by atoms with Gasteiger partial charge in [-0.05, 0) is 12.1 Å². The van der Waals surface area contributed by atoms with Gasteiger partial charge in [0.25, 0.3) is 0 Å². The quantitative estimate of drug-likeness (QED) is 0.419. The van der Waals surface area contributed by atoms with Gasteiger partial charge in [0.2, 0.25) is 0 Å². The molecular formula is C9H14N+. The van der Waals surface area contributed by atoms with Crippen molar-refractivity contribution in [2.24, 2.45) is 0 Å². The van der Waals surface area contributed by atoms with Crippen molar-refractivity contribution in [3.05, 3.63) is 30.3 Å². The van der Waals surface area contributed by atoms with E-state index >= 15 is 0 Å². The van der Waals surface area contributed by atoms with Crippen LogP contribution < -0.4 is 4.48 Å². The van der Waals surface area contributed by atoms with Crippen LogP contribution in [0.4, 0.5) is 5.69 Å². The van der Waals surface area contributed by atoms with Crippen molar-refractivity contribution in [1.82, 2.24) is 4.48 Å². The van der Waals surface area contributed by atoms with Crippen LogP contribution in [0.1, 0.15) is 12.3 Å². The fourth-order valence-corrected chi connectivity index (χ4v) is 0.652. The average molecular weight is 146 g/mol. The molecule has 1 heteroatoms. The maximum absolute atomic E-state index is 7.47. The van der Waals surface area contributed by atoms with Gasteiger partial charge < -0.3 is 0 Å². The molecule has 0 radical (unpaired) electrons. The van der Waals surface area contributed by atoms with E-state index in [9.17, 15) is 0 Å². The SMILES string of the molecule is [2H]C([2H])([2H])[15N+](c1ccccc1)(C([2H])([2H])[2H])C([2H])([2H])[2H]. The first-order valence-electron chi connectivity index (χ1n) is 7.31. The Hall–Kier alpha value is -0.820. The minimum atomic E-state index is -3.25. The van der Waals surface area contributed by atoms with E-state index in [0.717, 1.165) is 0 Å². The monoisotopic (exact) mass is 146 g/mol. The van der Waals surface area contributed by atoms with Crippen molar-refractivity contribution < 1.29 is 12.3 Å². The molecule has 0 bridgehead atoms. The summed E-state index contributed by atoms with van der Waals surface area (Å²) >= 11 is 0. The third kappa shape index (κ3) is 1.58. The first-order chi connectivity index (χ1) is 8.36. The van der Waals surface area contributed by atoms with Crippen LogP contribution in [0.25, 0.3) is 0 Å². The smallest absolute Gasteiger partial charge is 0.132 e. The molecule has 0 spiro atoms. The zero-order valence-corrected chi connectivity index (χ0v) is 5.33. The summed E-state index contributed by atoms with van der Waals surface area (Å²) in [7, 11) is 0. The lowest BCUT2D eigenvalue weighted by atomic mass is 10.3. The predicted octanol–water partition coefficient (Wildman–Crippen LogP) is 1.88. The molecule has 0 aliphatic carbocycles. The minimum absolute atomic E-state index is 0.289. The van der Waals surface area contributed by atoms with E-state index in [0.29, 0.717) is 0 Å². The Labute approximate surface area is 75.1 Å². The second-order valence-electron chi connectivity index (χ2n) is 2.01. The van der Waals surface area contributed by atoms with Gasteiger partial charge in [0.15, 0.2) is 0 Å². The standard InChI is InChI=1S/C9H14N/c1-10(2,3)9-7-5-4-6-8-9/h4-8H,1-3H3/q+1/i1D3,2D3,3D3,10+1. The first kappa shape index (κ1) is 1.86. The van der Waals surface area contributed by atoms with E-state index in [2.05, 4.69) is 0 Å². The van der Waals surface area contributed by atoms with Crippen molar-refractivity contribution in [1.29, 1.82) is 0 Å². The summed E-state index contributed by atoms with van der Waals surface area (Å²) in [6, 6.07) is 6.77. The fourth-order valence-electron chi connectivity index (χ4n) is 0.652. The van der Waals surface area contributed by atoms with Crippen LogP contribution in [0.2, 0.25) is 0 Å². The number of hydrogen-bond donors (Lipinski definition) is 0. The Bertz CT molecular complexity index is 392. The number of benzene rings is 1. The topological polar surface area (TPSA) is 0 Å². The molecule has 10 heavy (non-hydrogen) atoms. The van der Waals surface area contributed by atoms with Crippen LogP contribution in [0.5, 0.6) is 0 Å². The fraction of sp³-hybridized carbons (Fsp3) is 0.333. The highest BCUT2D eigenvalue weighted by atomic mass is 16.0. The van der Waals surface area contributed by atoms with Gasteiger partial charge in [-0.2, -0.15) is 0 Å². The zero-order valence-electron chi connectivity index (χ0n) is 14.3. The van der Waals surface area contributed by atoms with Crippen molar-refractivity contribution in [3.8, 4) is 0 Å². The van der Waals surface area contributed by atoms with E-state index in [-0.39, 0.29) is 5.69 Å². The van der Waals surface area contributed by atoms with Crippen LogP contribution in [0.15, 0.2) is 30.3 Å². The highest BCUT2D eigenvalue weighted by Crippen LogP contribution is 2.14. The summed E-state index contributed by atoms with van der Waals surface area (Å²) in [5, 5.41) is 0. The molecule has 54 valence electrons. The van der Waals surface area contributed by atoms with Gasteiger partial charge in [-0.3, -0.25) is 4.48 Å².